The van der Waals surface area contributed by atoms with Crippen molar-refractivity contribution < 1.29 is 0 Å². The van der Waals surface area contributed by atoms with E-state index in [2.05, 4.69) is 121 Å². The molecule has 0 heterocycles. The Balaban J connectivity index is 1.22. The molecule has 232 valence electrons. The predicted octanol–water partition coefficient (Wildman–Crippen LogP) is 11.8. The van der Waals surface area contributed by atoms with E-state index in [1.807, 2.05) is 72.8 Å². The maximum Gasteiger partial charge on any atom is 0.0991 e. The molecule has 7 aromatic carbocycles. The van der Waals surface area contributed by atoms with Crippen LogP contribution in [-0.2, 0) is 5.41 Å². The molecule has 0 fully saturated rings. The van der Waals surface area contributed by atoms with Crippen molar-refractivity contribution in [2.24, 2.45) is 0 Å². The van der Waals surface area contributed by atoms with Crippen LogP contribution in [0.1, 0.15) is 36.1 Å². The van der Waals surface area contributed by atoms with Gasteiger partial charge in [-0.1, -0.05) is 62.4 Å². The number of rotatable bonds is 6. The number of hydrogen-bond acceptors (Lipinski definition) is 4. The Morgan fingerprint density at radius 3 is 1.39 bits per heavy atom. The Kier molecular flexibility index (Phi) is 7.21. The lowest BCUT2D eigenvalue weighted by Crippen LogP contribution is -2.16. The summed E-state index contributed by atoms with van der Waals surface area (Å²) in [4.78, 5) is 4.49. The van der Waals surface area contributed by atoms with Crippen molar-refractivity contribution in [2.75, 3.05) is 9.80 Å². The normalized spacial score (nSPS) is 12.4. The third kappa shape index (κ3) is 5.17. The van der Waals surface area contributed by atoms with Crippen molar-refractivity contribution in [3.05, 3.63) is 180 Å². The maximum absolute atomic E-state index is 9.41. The molecule has 1 aliphatic rings. The standard InChI is InChI=1S/C45H32N4/c1-45(2)43-27-34-25-39(48(35-9-5-3-6-10-35)37-18-13-31(29-46)14-19-37)22-17-33(34)26-42(43)41-24-23-40(28-44(41)45)49(36-11-7-4-8-12-36)38-20-15-32(30-47)16-21-38/h3-28H,1-2H3. The number of nitriles is 2. The summed E-state index contributed by atoms with van der Waals surface area (Å²) in [6.45, 7) is 4.64. The molecule has 8 rings (SSSR count). The summed E-state index contributed by atoms with van der Waals surface area (Å²) >= 11 is 0. The lowest BCUT2D eigenvalue weighted by atomic mass is 9.81. The Morgan fingerprint density at radius 1 is 0.408 bits per heavy atom. The van der Waals surface area contributed by atoms with E-state index in [9.17, 15) is 10.5 Å². The number of para-hydroxylation sites is 2. The van der Waals surface area contributed by atoms with E-state index < -0.39 is 0 Å². The molecule has 0 atom stereocenters. The third-order valence-corrected chi connectivity index (χ3v) is 9.65. The number of hydrogen-bond donors (Lipinski definition) is 0. The topological polar surface area (TPSA) is 54.1 Å². The Bertz CT molecular complexity index is 2420. The van der Waals surface area contributed by atoms with Gasteiger partial charge in [-0.2, -0.15) is 10.5 Å². The fourth-order valence-corrected chi connectivity index (χ4v) is 7.15. The molecule has 0 aliphatic heterocycles. The number of benzene rings is 7. The summed E-state index contributed by atoms with van der Waals surface area (Å²) in [6.07, 6.45) is 0. The zero-order chi connectivity index (χ0) is 33.5. The lowest BCUT2D eigenvalue weighted by Gasteiger charge is -2.28. The molecular formula is C45H32N4. The minimum atomic E-state index is -0.232. The number of fused-ring (bicyclic) bond motifs is 4. The van der Waals surface area contributed by atoms with Crippen molar-refractivity contribution >= 4 is 44.9 Å². The molecule has 0 bridgehead atoms. The van der Waals surface area contributed by atoms with Crippen LogP contribution in [-0.4, -0.2) is 0 Å². The van der Waals surface area contributed by atoms with E-state index in [4.69, 9.17) is 0 Å². The summed E-state index contributed by atoms with van der Waals surface area (Å²) in [7, 11) is 0. The number of nitrogens with zero attached hydrogens (tertiary/aromatic N) is 4. The minimum Gasteiger partial charge on any atom is -0.310 e. The first-order valence-corrected chi connectivity index (χ1v) is 16.4. The summed E-state index contributed by atoms with van der Waals surface area (Å²) in [5, 5.41) is 21.2. The molecule has 0 aromatic heterocycles. The Hall–Kier alpha value is -6.62. The summed E-state index contributed by atoms with van der Waals surface area (Å²) < 4.78 is 0. The van der Waals surface area contributed by atoms with E-state index in [0.29, 0.717) is 11.1 Å². The highest BCUT2D eigenvalue weighted by molar-refractivity contribution is 5.97. The first-order chi connectivity index (χ1) is 23.9. The monoisotopic (exact) mass is 628 g/mol. The summed E-state index contributed by atoms with van der Waals surface area (Å²) in [5.74, 6) is 0. The van der Waals surface area contributed by atoms with Crippen LogP contribution in [0.5, 0.6) is 0 Å². The van der Waals surface area contributed by atoms with Gasteiger partial charge in [0, 0.05) is 39.5 Å². The van der Waals surface area contributed by atoms with E-state index in [-0.39, 0.29) is 5.41 Å². The molecular weight excluding hydrogens is 597 g/mol. The van der Waals surface area contributed by atoms with Gasteiger partial charge in [-0.15, -0.1) is 0 Å². The average molecular weight is 629 g/mol. The molecule has 0 N–H and O–H groups in total. The SMILES string of the molecule is CC1(C)c2cc(N(c3ccccc3)c3ccc(C#N)cc3)ccc2-c2cc3ccc(N(c4ccccc4)c4ccc(C#N)cc4)cc3cc21. The van der Waals surface area contributed by atoms with Crippen molar-refractivity contribution in [3.63, 3.8) is 0 Å². The number of anilines is 6. The lowest BCUT2D eigenvalue weighted by molar-refractivity contribution is 0.661. The zero-order valence-corrected chi connectivity index (χ0v) is 27.3. The van der Waals surface area contributed by atoms with E-state index in [1.54, 1.807) is 0 Å². The smallest absolute Gasteiger partial charge is 0.0991 e. The van der Waals surface area contributed by atoms with Gasteiger partial charge in [-0.05, 0) is 142 Å². The highest BCUT2D eigenvalue weighted by Crippen LogP contribution is 2.52. The molecule has 4 nitrogen and oxygen atoms in total. The summed E-state index contributed by atoms with van der Waals surface area (Å²) in [6, 6.07) is 58.9. The average Bonchev–Trinajstić information content (AvgIpc) is 3.37. The molecule has 1 aliphatic carbocycles. The Labute approximate surface area is 287 Å². The first-order valence-electron chi connectivity index (χ1n) is 16.4. The fourth-order valence-electron chi connectivity index (χ4n) is 7.15. The van der Waals surface area contributed by atoms with Gasteiger partial charge >= 0.3 is 0 Å². The molecule has 0 unspecified atom stereocenters. The van der Waals surface area contributed by atoms with Crippen molar-refractivity contribution in [1.29, 1.82) is 10.5 Å². The van der Waals surface area contributed by atoms with Crippen molar-refractivity contribution in [3.8, 4) is 23.3 Å². The molecule has 0 spiro atoms. The summed E-state index contributed by atoms with van der Waals surface area (Å²) in [5.41, 5.74) is 12.4. The van der Waals surface area contributed by atoms with Gasteiger partial charge in [0.1, 0.15) is 0 Å². The zero-order valence-electron chi connectivity index (χ0n) is 27.3. The molecule has 0 saturated carbocycles. The molecule has 49 heavy (non-hydrogen) atoms. The Morgan fingerprint density at radius 2 is 0.857 bits per heavy atom. The van der Waals surface area contributed by atoms with E-state index in [1.165, 1.54) is 33.0 Å². The molecule has 0 saturated heterocycles. The first kappa shape index (κ1) is 29.8. The predicted molar refractivity (Wildman–Crippen MR) is 200 cm³/mol. The quantitative estimate of drug-likeness (QED) is 0.184. The third-order valence-electron chi connectivity index (χ3n) is 9.65. The van der Waals surface area contributed by atoms with E-state index in [0.717, 1.165) is 34.1 Å². The van der Waals surface area contributed by atoms with Gasteiger partial charge in [-0.25, -0.2) is 0 Å². The molecule has 0 radical (unpaired) electrons. The second kappa shape index (κ2) is 11.9. The molecule has 4 heteroatoms. The van der Waals surface area contributed by atoms with Gasteiger partial charge < -0.3 is 9.80 Å². The van der Waals surface area contributed by atoms with Crippen LogP contribution in [0.4, 0.5) is 34.1 Å². The van der Waals surface area contributed by atoms with Crippen LogP contribution in [0.3, 0.4) is 0 Å². The highest BCUT2D eigenvalue weighted by Gasteiger charge is 2.36. The highest BCUT2D eigenvalue weighted by atomic mass is 15.1. The van der Waals surface area contributed by atoms with E-state index >= 15 is 0 Å². The van der Waals surface area contributed by atoms with Crippen LogP contribution in [0.2, 0.25) is 0 Å². The van der Waals surface area contributed by atoms with Crippen molar-refractivity contribution in [1.82, 2.24) is 0 Å². The van der Waals surface area contributed by atoms with Crippen LogP contribution < -0.4 is 9.80 Å². The fraction of sp³-hybridized carbons (Fsp3) is 0.0667. The van der Waals surface area contributed by atoms with Gasteiger partial charge in [-0.3, -0.25) is 0 Å². The van der Waals surface area contributed by atoms with Crippen LogP contribution in [0.15, 0.2) is 158 Å². The van der Waals surface area contributed by atoms with Crippen LogP contribution in [0, 0.1) is 22.7 Å². The van der Waals surface area contributed by atoms with Gasteiger partial charge in [0.05, 0.1) is 23.3 Å². The largest absolute Gasteiger partial charge is 0.310 e. The van der Waals surface area contributed by atoms with Crippen LogP contribution in [0.25, 0.3) is 21.9 Å². The molecule has 0 amide bonds. The second-order valence-corrected chi connectivity index (χ2v) is 12.9. The minimum absolute atomic E-state index is 0.232. The molecule has 7 aromatic rings. The van der Waals surface area contributed by atoms with Gasteiger partial charge in [0.15, 0.2) is 0 Å². The second-order valence-electron chi connectivity index (χ2n) is 12.9. The van der Waals surface area contributed by atoms with Crippen molar-refractivity contribution in [2.45, 2.75) is 19.3 Å². The van der Waals surface area contributed by atoms with Crippen LogP contribution >= 0.6 is 0 Å². The van der Waals surface area contributed by atoms with Gasteiger partial charge in [0.25, 0.3) is 0 Å². The maximum atomic E-state index is 9.41. The van der Waals surface area contributed by atoms with Gasteiger partial charge in [0.2, 0.25) is 0 Å².